The Kier molecular flexibility index (Phi) is 4.45. The molecule has 0 unspecified atom stereocenters. The van der Waals surface area contributed by atoms with Crippen LogP contribution in [0.15, 0.2) is 22.8 Å². The van der Waals surface area contributed by atoms with E-state index in [-0.39, 0.29) is 0 Å². The molecule has 0 fully saturated rings. The van der Waals surface area contributed by atoms with Crippen LogP contribution in [0.3, 0.4) is 0 Å². The molecule has 58 valence electrons. The lowest BCUT2D eigenvalue weighted by Gasteiger charge is -2.09. The lowest BCUT2D eigenvalue weighted by Crippen LogP contribution is -2.19. The zero-order valence-electron chi connectivity index (χ0n) is 6.74. The quantitative estimate of drug-likeness (QED) is 0.550. The Balaban J connectivity index is 4.04. The first-order valence-electron chi connectivity index (χ1n) is 3.33. The Bertz CT molecular complexity index is 147. The van der Waals surface area contributed by atoms with Gasteiger partial charge in [0.05, 0.1) is 4.61 Å². The maximum absolute atomic E-state index is 3.66. The molecule has 0 aromatic heterocycles. The summed E-state index contributed by atoms with van der Waals surface area (Å²) in [5.41, 5.74) is 1.13. The number of halogens is 1. The summed E-state index contributed by atoms with van der Waals surface area (Å²) in [5, 5.41) is 3.22. The van der Waals surface area contributed by atoms with Crippen molar-refractivity contribution in [3.05, 3.63) is 22.8 Å². The minimum absolute atomic E-state index is 0.462. The molecular weight excluding hydrogens is 190 g/mol. The van der Waals surface area contributed by atoms with E-state index in [1.807, 2.05) is 13.0 Å². The summed E-state index contributed by atoms with van der Waals surface area (Å²) in [6, 6.07) is 0.462. The molecule has 2 heteroatoms. The highest BCUT2D eigenvalue weighted by Gasteiger charge is 1.95. The van der Waals surface area contributed by atoms with Crippen molar-refractivity contribution in [3.8, 4) is 0 Å². The Labute approximate surface area is 71.3 Å². The van der Waals surface area contributed by atoms with Crippen LogP contribution >= 0.6 is 15.9 Å². The summed E-state index contributed by atoms with van der Waals surface area (Å²) in [7, 11) is 0. The van der Waals surface area contributed by atoms with Gasteiger partial charge in [-0.15, -0.1) is 0 Å². The van der Waals surface area contributed by atoms with Crippen LogP contribution < -0.4 is 5.32 Å². The zero-order valence-corrected chi connectivity index (χ0v) is 8.33. The topological polar surface area (TPSA) is 12.0 Å². The van der Waals surface area contributed by atoms with Gasteiger partial charge in [0.25, 0.3) is 0 Å². The second-order valence-corrected chi connectivity index (χ2v) is 3.29. The second-order valence-electron chi connectivity index (χ2n) is 2.50. The van der Waals surface area contributed by atoms with E-state index in [9.17, 15) is 0 Å². The maximum Gasteiger partial charge on any atom is 0.0811 e. The van der Waals surface area contributed by atoms with Gasteiger partial charge in [-0.2, -0.15) is 0 Å². The summed E-state index contributed by atoms with van der Waals surface area (Å²) < 4.78 is 1.03. The first kappa shape index (κ1) is 9.76. The van der Waals surface area contributed by atoms with Gasteiger partial charge < -0.3 is 5.32 Å². The van der Waals surface area contributed by atoms with Crippen LogP contribution in [0.2, 0.25) is 0 Å². The van der Waals surface area contributed by atoms with Gasteiger partial charge in [0, 0.05) is 6.04 Å². The van der Waals surface area contributed by atoms with E-state index < -0.39 is 0 Å². The predicted molar refractivity (Wildman–Crippen MR) is 50.1 cm³/mol. The zero-order chi connectivity index (χ0) is 8.15. The summed E-state index contributed by atoms with van der Waals surface area (Å²) in [5.74, 6) is 0. The lowest BCUT2D eigenvalue weighted by molar-refractivity contribution is 0.693. The highest BCUT2D eigenvalue weighted by Crippen LogP contribution is 2.09. The Morgan fingerprint density at radius 3 is 2.40 bits per heavy atom. The van der Waals surface area contributed by atoms with Gasteiger partial charge in [0.15, 0.2) is 0 Å². The van der Waals surface area contributed by atoms with E-state index in [4.69, 9.17) is 0 Å². The molecule has 0 heterocycles. The molecule has 0 aliphatic carbocycles. The standard InChI is InChI=1S/C8H14BrN/c1-5-7(4)8(9)10-6(2)3/h5-6,10H,1H2,2-4H3/b8-7-. The van der Waals surface area contributed by atoms with E-state index in [0.717, 1.165) is 10.2 Å². The van der Waals surface area contributed by atoms with Crippen LogP contribution in [-0.2, 0) is 0 Å². The fourth-order valence-electron chi connectivity index (χ4n) is 0.457. The van der Waals surface area contributed by atoms with Gasteiger partial charge in [-0.3, -0.25) is 0 Å². The van der Waals surface area contributed by atoms with Crippen LogP contribution in [0.1, 0.15) is 20.8 Å². The number of rotatable bonds is 3. The molecule has 0 spiro atoms. The van der Waals surface area contributed by atoms with E-state index in [1.54, 1.807) is 0 Å². The average Bonchev–Trinajstić information content (AvgIpc) is 1.85. The van der Waals surface area contributed by atoms with E-state index in [0.29, 0.717) is 6.04 Å². The Morgan fingerprint density at radius 1 is 1.60 bits per heavy atom. The van der Waals surface area contributed by atoms with Crippen molar-refractivity contribution in [3.63, 3.8) is 0 Å². The smallest absolute Gasteiger partial charge is 0.0811 e. The SMILES string of the molecule is C=C/C(C)=C(/Br)NC(C)C. The van der Waals surface area contributed by atoms with Crippen molar-refractivity contribution in [1.82, 2.24) is 5.32 Å². The van der Waals surface area contributed by atoms with Crippen molar-refractivity contribution in [2.24, 2.45) is 0 Å². The third-order valence-corrected chi connectivity index (χ3v) is 1.92. The predicted octanol–water partition coefficient (Wildman–Crippen LogP) is 2.80. The van der Waals surface area contributed by atoms with Gasteiger partial charge in [-0.25, -0.2) is 0 Å². The normalized spacial score (nSPS) is 12.9. The number of hydrogen-bond donors (Lipinski definition) is 1. The summed E-state index contributed by atoms with van der Waals surface area (Å²) >= 11 is 3.40. The fourth-order valence-corrected chi connectivity index (χ4v) is 1.08. The van der Waals surface area contributed by atoms with Crippen molar-refractivity contribution < 1.29 is 0 Å². The van der Waals surface area contributed by atoms with Crippen LogP contribution in [0.25, 0.3) is 0 Å². The molecule has 0 aliphatic rings. The molecule has 1 nitrogen and oxygen atoms in total. The van der Waals surface area contributed by atoms with Crippen LogP contribution in [-0.4, -0.2) is 6.04 Å². The van der Waals surface area contributed by atoms with Crippen molar-refractivity contribution in [2.45, 2.75) is 26.8 Å². The van der Waals surface area contributed by atoms with Gasteiger partial charge >= 0.3 is 0 Å². The molecule has 0 aromatic carbocycles. The third-order valence-electron chi connectivity index (χ3n) is 1.07. The highest BCUT2D eigenvalue weighted by molar-refractivity contribution is 9.11. The second kappa shape index (κ2) is 4.56. The summed E-state index contributed by atoms with van der Waals surface area (Å²) in [4.78, 5) is 0. The minimum atomic E-state index is 0.462. The van der Waals surface area contributed by atoms with Crippen molar-refractivity contribution in [1.29, 1.82) is 0 Å². The molecule has 0 bridgehead atoms. The molecular formula is C8H14BrN. The molecule has 1 N–H and O–H groups in total. The van der Waals surface area contributed by atoms with Gasteiger partial charge in [-0.1, -0.05) is 12.7 Å². The third kappa shape index (κ3) is 3.72. The molecule has 0 saturated carbocycles. The van der Waals surface area contributed by atoms with E-state index in [2.05, 4.69) is 41.7 Å². The molecule has 0 saturated heterocycles. The fraction of sp³-hybridized carbons (Fsp3) is 0.500. The average molecular weight is 204 g/mol. The summed E-state index contributed by atoms with van der Waals surface area (Å²) in [6.07, 6.45) is 1.82. The lowest BCUT2D eigenvalue weighted by atomic mass is 10.3. The number of allylic oxidation sites excluding steroid dienone is 2. The van der Waals surface area contributed by atoms with Crippen molar-refractivity contribution in [2.75, 3.05) is 0 Å². The van der Waals surface area contributed by atoms with Crippen LogP contribution in [0, 0.1) is 0 Å². The Hall–Kier alpha value is -0.240. The van der Waals surface area contributed by atoms with Gasteiger partial charge in [-0.05, 0) is 42.3 Å². The first-order valence-corrected chi connectivity index (χ1v) is 4.12. The van der Waals surface area contributed by atoms with E-state index in [1.165, 1.54) is 0 Å². The van der Waals surface area contributed by atoms with Gasteiger partial charge in [0.2, 0.25) is 0 Å². The molecule has 0 rings (SSSR count). The monoisotopic (exact) mass is 203 g/mol. The van der Waals surface area contributed by atoms with Gasteiger partial charge in [0.1, 0.15) is 0 Å². The molecule has 0 radical (unpaired) electrons. The molecule has 0 aliphatic heterocycles. The van der Waals surface area contributed by atoms with Crippen LogP contribution in [0.4, 0.5) is 0 Å². The first-order chi connectivity index (χ1) is 4.57. The van der Waals surface area contributed by atoms with Crippen molar-refractivity contribution >= 4 is 15.9 Å². The van der Waals surface area contributed by atoms with E-state index >= 15 is 0 Å². The molecule has 0 aromatic rings. The minimum Gasteiger partial charge on any atom is -0.377 e. The highest BCUT2D eigenvalue weighted by atomic mass is 79.9. The molecule has 0 atom stereocenters. The molecule has 10 heavy (non-hydrogen) atoms. The summed E-state index contributed by atoms with van der Waals surface area (Å²) in [6.45, 7) is 9.86. The Morgan fingerprint density at radius 2 is 2.10 bits per heavy atom. The largest absolute Gasteiger partial charge is 0.377 e. The number of nitrogens with one attached hydrogen (secondary N) is 1. The molecule has 0 amide bonds. The maximum atomic E-state index is 3.66. The number of hydrogen-bond acceptors (Lipinski definition) is 1. The van der Waals surface area contributed by atoms with Crippen LogP contribution in [0.5, 0.6) is 0 Å².